The number of aromatic nitrogens is 7. The second-order valence-electron chi connectivity index (χ2n) is 9.80. The molecule has 11 atom stereocenters. The Labute approximate surface area is 244 Å². The van der Waals surface area contributed by atoms with Gasteiger partial charge in [-0.1, -0.05) is 5.21 Å². The van der Waals surface area contributed by atoms with Crippen molar-refractivity contribution in [3.8, 4) is 0 Å². The van der Waals surface area contributed by atoms with Gasteiger partial charge in [0.25, 0.3) is 5.56 Å². The molecule has 25 heteroatoms. The first-order valence-electron chi connectivity index (χ1n) is 12.6. The highest BCUT2D eigenvalue weighted by atomic mass is 31.3. The Hall–Kier alpha value is -2.73. The van der Waals surface area contributed by atoms with Crippen LogP contribution in [-0.4, -0.2) is 119 Å². The Bertz CT molecular complexity index is 1650. The number of rotatable bonds is 10. The molecule has 0 bridgehead atoms. The van der Waals surface area contributed by atoms with Gasteiger partial charge in [-0.2, -0.15) is 9.29 Å². The monoisotopic (exact) mass is 670 g/mol. The Morgan fingerprint density at radius 3 is 2.41 bits per heavy atom. The molecular formula is C19H28N8O15P2. The van der Waals surface area contributed by atoms with Crippen LogP contribution in [0.25, 0.3) is 11.2 Å². The molecule has 2 aliphatic rings. The van der Waals surface area contributed by atoms with Crippen molar-refractivity contribution in [3.05, 3.63) is 28.6 Å². The Balaban J connectivity index is 1.16. The van der Waals surface area contributed by atoms with Gasteiger partial charge in [0, 0.05) is 0 Å². The zero-order valence-corrected chi connectivity index (χ0v) is 24.1. The molecule has 244 valence electrons. The van der Waals surface area contributed by atoms with Gasteiger partial charge in [-0.15, -0.1) is 5.10 Å². The summed E-state index contributed by atoms with van der Waals surface area (Å²) in [6, 6.07) is 0. The van der Waals surface area contributed by atoms with Gasteiger partial charge in [-0.25, -0.2) is 18.8 Å². The summed E-state index contributed by atoms with van der Waals surface area (Å²) in [5.41, 5.74) is 4.50. The van der Waals surface area contributed by atoms with Crippen LogP contribution in [0.1, 0.15) is 25.1 Å². The summed E-state index contributed by atoms with van der Waals surface area (Å²) < 4.78 is 51.3. The second-order valence-corrected chi connectivity index (χ2v) is 12.8. The molecule has 44 heavy (non-hydrogen) atoms. The number of aliphatic hydroxyl groups excluding tert-OH is 5. The van der Waals surface area contributed by atoms with Crippen molar-refractivity contribution in [1.82, 2.24) is 34.5 Å². The highest BCUT2D eigenvalue weighted by Gasteiger charge is 2.47. The van der Waals surface area contributed by atoms with E-state index < -0.39 is 89.6 Å². The van der Waals surface area contributed by atoms with E-state index in [1.807, 2.05) is 0 Å². The van der Waals surface area contributed by atoms with Crippen LogP contribution in [0, 0.1) is 0 Å². The van der Waals surface area contributed by atoms with Crippen molar-refractivity contribution in [1.29, 1.82) is 0 Å². The standard InChI is InChI=1S/C19H28N8O15P2/c1-6-10(28)12(30)14(32)18(40-6)27-2-7(24-25-27)3-38-43(34,35)42-44(36,37)39-4-8-11(29)13(31)17(41-8)26-5-21-9-15(26)22-19(20)23-16(9)33/h2,5-6,8,10-14,17-18,28-32H,3-4H2,1H3,(H,34,35)(H,36,37)(H3,20,22,23,33)/t6-,8+,10+,11+,12+,13+,14-,17+,18-/m0/s1. The third-order valence-electron chi connectivity index (χ3n) is 6.69. The summed E-state index contributed by atoms with van der Waals surface area (Å²) >= 11 is 0. The van der Waals surface area contributed by atoms with Gasteiger partial charge in [0.1, 0.15) is 48.9 Å². The lowest BCUT2D eigenvalue weighted by Gasteiger charge is -2.38. The van der Waals surface area contributed by atoms with E-state index >= 15 is 0 Å². The molecular weight excluding hydrogens is 642 g/mol. The summed E-state index contributed by atoms with van der Waals surface area (Å²) in [4.78, 5) is 42.0. The van der Waals surface area contributed by atoms with Gasteiger partial charge in [0.05, 0.1) is 25.2 Å². The smallest absolute Gasteiger partial charge is 0.388 e. The normalized spacial score (nSPS) is 33.8. The number of aromatic amines is 1. The average molecular weight is 670 g/mol. The van der Waals surface area contributed by atoms with E-state index in [1.165, 1.54) is 6.92 Å². The number of fused-ring (bicyclic) bond motifs is 1. The number of anilines is 1. The lowest BCUT2D eigenvalue weighted by molar-refractivity contribution is -0.243. The zero-order valence-electron chi connectivity index (χ0n) is 22.3. The number of hydrogen-bond donors (Lipinski definition) is 9. The Kier molecular flexibility index (Phi) is 9.07. The minimum Gasteiger partial charge on any atom is -0.388 e. The molecule has 23 nitrogen and oxygen atoms in total. The van der Waals surface area contributed by atoms with Crippen LogP contribution in [0.5, 0.6) is 0 Å². The number of hydrogen-bond acceptors (Lipinski definition) is 18. The first kappa shape index (κ1) is 32.7. The molecule has 0 aliphatic carbocycles. The van der Waals surface area contributed by atoms with Crippen LogP contribution in [-0.2, 0) is 38.6 Å². The fraction of sp³-hybridized carbons (Fsp3) is 0.632. The number of H-pyrrole nitrogens is 1. The molecule has 2 unspecified atom stereocenters. The molecule has 0 amide bonds. The van der Waals surface area contributed by atoms with E-state index in [-0.39, 0.29) is 22.8 Å². The molecule has 10 N–H and O–H groups in total. The van der Waals surface area contributed by atoms with Gasteiger partial charge in [0.2, 0.25) is 5.95 Å². The number of ether oxygens (including phenoxy) is 2. The largest absolute Gasteiger partial charge is 0.481 e. The molecule has 0 spiro atoms. The van der Waals surface area contributed by atoms with Crippen molar-refractivity contribution in [2.75, 3.05) is 12.3 Å². The molecule has 2 aliphatic heterocycles. The van der Waals surface area contributed by atoms with Crippen LogP contribution in [0.3, 0.4) is 0 Å². The number of imidazole rings is 1. The highest BCUT2D eigenvalue weighted by molar-refractivity contribution is 7.61. The summed E-state index contributed by atoms with van der Waals surface area (Å²) in [7, 11) is -10.7. The maximum atomic E-state index is 12.4. The third kappa shape index (κ3) is 6.61. The molecule has 5 rings (SSSR count). The van der Waals surface area contributed by atoms with Gasteiger partial charge in [-0.3, -0.25) is 23.4 Å². The molecule has 2 saturated heterocycles. The Morgan fingerprint density at radius 2 is 1.68 bits per heavy atom. The van der Waals surface area contributed by atoms with E-state index in [9.17, 15) is 49.2 Å². The zero-order chi connectivity index (χ0) is 32.1. The third-order valence-corrected chi connectivity index (χ3v) is 9.27. The van der Waals surface area contributed by atoms with Crippen LogP contribution >= 0.6 is 15.6 Å². The van der Waals surface area contributed by atoms with Crippen molar-refractivity contribution in [2.45, 2.75) is 68.7 Å². The van der Waals surface area contributed by atoms with Gasteiger partial charge in [-0.05, 0) is 6.92 Å². The number of aliphatic hydroxyl groups is 5. The lowest BCUT2D eigenvalue weighted by Crippen LogP contribution is -2.54. The van der Waals surface area contributed by atoms with E-state index in [0.29, 0.717) is 0 Å². The molecule has 2 fully saturated rings. The summed E-state index contributed by atoms with van der Waals surface area (Å²) in [6.45, 7) is -0.278. The van der Waals surface area contributed by atoms with E-state index in [4.69, 9.17) is 15.2 Å². The number of nitrogens with one attached hydrogen (secondary N) is 1. The van der Waals surface area contributed by atoms with E-state index in [2.05, 4.69) is 38.6 Å². The minimum atomic E-state index is -5.36. The summed E-state index contributed by atoms with van der Waals surface area (Å²) in [6.07, 6.45) is -10.7. The number of nitrogens with zero attached hydrogens (tertiary/aromatic N) is 6. The van der Waals surface area contributed by atoms with Crippen molar-refractivity contribution >= 4 is 32.8 Å². The fourth-order valence-electron chi connectivity index (χ4n) is 4.47. The first-order chi connectivity index (χ1) is 20.6. The maximum absolute atomic E-state index is 12.4. The molecule has 0 radical (unpaired) electrons. The topological polar surface area (TPSA) is 342 Å². The fourth-order valence-corrected chi connectivity index (χ4v) is 6.52. The number of phosphoric ester groups is 2. The number of nitrogens with two attached hydrogens (primary N) is 1. The summed E-state index contributed by atoms with van der Waals surface area (Å²) in [5.74, 6) is -0.261. The molecule has 5 heterocycles. The second kappa shape index (κ2) is 12.2. The molecule has 0 saturated carbocycles. The minimum absolute atomic E-state index is 0.0907. The van der Waals surface area contributed by atoms with Crippen molar-refractivity contribution in [3.63, 3.8) is 0 Å². The maximum Gasteiger partial charge on any atom is 0.481 e. The lowest BCUT2D eigenvalue weighted by atomic mass is 9.99. The average Bonchev–Trinajstić information content (AvgIpc) is 3.65. The summed E-state index contributed by atoms with van der Waals surface area (Å²) in [5, 5.41) is 58.1. The van der Waals surface area contributed by atoms with Crippen LogP contribution in [0.2, 0.25) is 0 Å². The molecule has 3 aromatic rings. The molecule has 3 aromatic heterocycles. The van der Waals surface area contributed by atoms with E-state index in [0.717, 1.165) is 21.8 Å². The number of phosphoric acid groups is 2. The molecule has 0 aromatic carbocycles. The van der Waals surface area contributed by atoms with Gasteiger partial charge in [0.15, 0.2) is 23.6 Å². The predicted octanol–water partition coefficient (Wildman–Crippen LogP) is -3.64. The van der Waals surface area contributed by atoms with Crippen LogP contribution < -0.4 is 11.3 Å². The van der Waals surface area contributed by atoms with Gasteiger partial charge >= 0.3 is 15.6 Å². The SMILES string of the molecule is C[C@@H]1O[C@H](n2cc(COP(=O)(O)OP(=O)(O)OC[C@H]3O[C@@H](n4cnc5c(=O)[nH]c(N)nc54)[C@H](O)[C@@H]3O)nn2)[C@@H](O)[C@H](O)[C@@H]1O. The highest BCUT2D eigenvalue weighted by Crippen LogP contribution is 2.60. The van der Waals surface area contributed by atoms with Crippen molar-refractivity contribution < 1.29 is 67.3 Å². The van der Waals surface area contributed by atoms with Crippen molar-refractivity contribution in [2.24, 2.45) is 0 Å². The van der Waals surface area contributed by atoms with Gasteiger partial charge < -0.3 is 50.5 Å². The number of nitrogen functional groups attached to an aromatic ring is 1. The predicted molar refractivity (Wildman–Crippen MR) is 138 cm³/mol. The van der Waals surface area contributed by atoms with Crippen LogP contribution in [0.15, 0.2) is 17.3 Å². The quantitative estimate of drug-likeness (QED) is 0.0939. The van der Waals surface area contributed by atoms with Crippen LogP contribution in [0.4, 0.5) is 5.95 Å². The Morgan fingerprint density at radius 1 is 1.00 bits per heavy atom. The van der Waals surface area contributed by atoms with E-state index in [1.54, 1.807) is 0 Å². The first-order valence-corrected chi connectivity index (χ1v) is 15.6.